The minimum absolute atomic E-state index is 0.124. The van der Waals surface area contributed by atoms with Crippen molar-refractivity contribution < 1.29 is 13.2 Å². The van der Waals surface area contributed by atoms with Crippen LogP contribution in [0.4, 0.5) is 19.0 Å². The van der Waals surface area contributed by atoms with Crippen LogP contribution >= 0.6 is 23.4 Å². The maximum atomic E-state index is 12.6. The summed E-state index contributed by atoms with van der Waals surface area (Å²) in [5.74, 6) is 1.23. The fourth-order valence-corrected chi connectivity index (χ4v) is 3.26. The Labute approximate surface area is 118 Å². The Morgan fingerprint density at radius 3 is 2.79 bits per heavy atom. The molecule has 2 heterocycles. The van der Waals surface area contributed by atoms with E-state index in [0.29, 0.717) is 11.8 Å². The van der Waals surface area contributed by atoms with E-state index in [0.717, 1.165) is 24.7 Å². The molecule has 0 aliphatic carbocycles. The van der Waals surface area contributed by atoms with Gasteiger partial charge in [0, 0.05) is 17.9 Å². The molecule has 0 bridgehead atoms. The second-order valence-electron chi connectivity index (χ2n) is 4.27. The fourth-order valence-electron chi connectivity index (χ4n) is 1.84. The molecule has 0 aromatic carbocycles. The van der Waals surface area contributed by atoms with Gasteiger partial charge in [0.25, 0.3) is 0 Å². The standard InChI is InChI=1S/C11H13ClF3N3S/c12-10-17-8(11(13,14)15)5-9(18-10)16-6-7-3-1-2-4-19-7/h5,7H,1-4,6H2,(H,16,17,18). The summed E-state index contributed by atoms with van der Waals surface area (Å²) in [5, 5.41) is 2.93. The van der Waals surface area contributed by atoms with Gasteiger partial charge in [-0.3, -0.25) is 0 Å². The zero-order valence-corrected chi connectivity index (χ0v) is 11.6. The van der Waals surface area contributed by atoms with Gasteiger partial charge in [0.15, 0.2) is 5.69 Å². The van der Waals surface area contributed by atoms with Crippen molar-refractivity contribution in [2.45, 2.75) is 30.7 Å². The maximum Gasteiger partial charge on any atom is 0.433 e. The lowest BCUT2D eigenvalue weighted by Crippen LogP contribution is -2.21. The van der Waals surface area contributed by atoms with Crippen molar-refractivity contribution in [2.24, 2.45) is 0 Å². The molecule has 1 atom stereocenters. The van der Waals surface area contributed by atoms with Gasteiger partial charge in [-0.2, -0.15) is 24.9 Å². The van der Waals surface area contributed by atoms with Gasteiger partial charge in [0.1, 0.15) is 5.82 Å². The Bertz CT molecular complexity index is 436. The summed E-state index contributed by atoms with van der Waals surface area (Å²) >= 11 is 7.35. The predicted octanol–water partition coefficient (Wildman–Crippen LogP) is 3.85. The van der Waals surface area contributed by atoms with Gasteiger partial charge in [-0.1, -0.05) is 6.42 Å². The molecule has 0 spiro atoms. The topological polar surface area (TPSA) is 37.8 Å². The van der Waals surface area contributed by atoms with Gasteiger partial charge < -0.3 is 5.32 Å². The fraction of sp³-hybridized carbons (Fsp3) is 0.636. The SMILES string of the molecule is FC(F)(F)c1cc(NCC2CCCCS2)nc(Cl)n1. The number of anilines is 1. The molecule has 106 valence electrons. The van der Waals surface area contributed by atoms with E-state index in [2.05, 4.69) is 15.3 Å². The van der Waals surface area contributed by atoms with Gasteiger partial charge in [-0.05, 0) is 30.2 Å². The van der Waals surface area contributed by atoms with Crippen molar-refractivity contribution in [3.05, 3.63) is 17.0 Å². The monoisotopic (exact) mass is 311 g/mol. The highest BCUT2D eigenvalue weighted by atomic mass is 35.5. The van der Waals surface area contributed by atoms with E-state index in [1.807, 2.05) is 11.8 Å². The number of thioether (sulfide) groups is 1. The Morgan fingerprint density at radius 1 is 1.37 bits per heavy atom. The van der Waals surface area contributed by atoms with Crippen molar-refractivity contribution in [3.63, 3.8) is 0 Å². The molecule has 1 saturated heterocycles. The molecule has 3 nitrogen and oxygen atoms in total. The van der Waals surface area contributed by atoms with Crippen molar-refractivity contribution in [3.8, 4) is 0 Å². The Balaban J connectivity index is 2.01. The van der Waals surface area contributed by atoms with E-state index in [1.165, 1.54) is 6.42 Å². The normalized spacial score (nSPS) is 20.3. The van der Waals surface area contributed by atoms with Crippen LogP contribution in [0, 0.1) is 0 Å². The molecule has 1 fully saturated rings. The van der Waals surface area contributed by atoms with Crippen LogP contribution in [-0.2, 0) is 6.18 Å². The van der Waals surface area contributed by atoms with E-state index >= 15 is 0 Å². The lowest BCUT2D eigenvalue weighted by molar-refractivity contribution is -0.141. The number of nitrogens with zero attached hydrogens (tertiary/aromatic N) is 2. The first-order chi connectivity index (χ1) is 8.95. The van der Waals surface area contributed by atoms with Crippen LogP contribution in [0.3, 0.4) is 0 Å². The third-order valence-electron chi connectivity index (χ3n) is 2.77. The molecule has 0 saturated carbocycles. The zero-order chi connectivity index (χ0) is 13.9. The first-order valence-electron chi connectivity index (χ1n) is 5.92. The van der Waals surface area contributed by atoms with E-state index in [4.69, 9.17) is 11.6 Å². The van der Waals surface area contributed by atoms with E-state index in [9.17, 15) is 13.2 Å². The molecule has 2 rings (SSSR count). The number of aromatic nitrogens is 2. The zero-order valence-electron chi connectivity index (χ0n) is 10.0. The molecular weight excluding hydrogens is 299 g/mol. The van der Waals surface area contributed by atoms with Crippen molar-refractivity contribution in [2.75, 3.05) is 17.6 Å². The highest BCUT2D eigenvalue weighted by Crippen LogP contribution is 2.30. The largest absolute Gasteiger partial charge is 0.433 e. The minimum atomic E-state index is -4.51. The lowest BCUT2D eigenvalue weighted by Gasteiger charge is -2.21. The van der Waals surface area contributed by atoms with Gasteiger partial charge in [-0.25, -0.2) is 9.97 Å². The van der Waals surface area contributed by atoms with E-state index < -0.39 is 17.2 Å². The van der Waals surface area contributed by atoms with Crippen LogP contribution in [-0.4, -0.2) is 27.5 Å². The Kier molecular flexibility index (Phi) is 4.78. The van der Waals surface area contributed by atoms with Gasteiger partial charge >= 0.3 is 6.18 Å². The smallest absolute Gasteiger partial charge is 0.369 e. The van der Waals surface area contributed by atoms with Crippen LogP contribution in [0.1, 0.15) is 25.0 Å². The second kappa shape index (κ2) is 6.17. The quantitative estimate of drug-likeness (QED) is 0.861. The summed E-state index contributed by atoms with van der Waals surface area (Å²) in [7, 11) is 0. The first-order valence-corrected chi connectivity index (χ1v) is 7.35. The maximum absolute atomic E-state index is 12.6. The van der Waals surface area contributed by atoms with Crippen LogP contribution in [0.5, 0.6) is 0 Å². The van der Waals surface area contributed by atoms with Gasteiger partial charge in [0.05, 0.1) is 0 Å². The number of halogens is 4. The summed E-state index contributed by atoms with van der Waals surface area (Å²) in [6.07, 6.45) is -1.07. The number of hydrogen-bond acceptors (Lipinski definition) is 4. The molecule has 1 aliphatic heterocycles. The highest BCUT2D eigenvalue weighted by molar-refractivity contribution is 7.99. The summed E-state index contributed by atoms with van der Waals surface area (Å²) in [6.45, 7) is 0.593. The van der Waals surface area contributed by atoms with Crippen LogP contribution in [0.15, 0.2) is 6.07 Å². The van der Waals surface area contributed by atoms with Crippen molar-refractivity contribution in [1.82, 2.24) is 9.97 Å². The molecule has 1 aliphatic rings. The average Bonchev–Trinajstić information content (AvgIpc) is 2.36. The molecule has 0 radical (unpaired) electrons. The van der Waals surface area contributed by atoms with E-state index in [-0.39, 0.29) is 5.82 Å². The Morgan fingerprint density at radius 2 is 2.16 bits per heavy atom. The molecule has 1 N–H and O–H groups in total. The first kappa shape index (κ1) is 14.7. The van der Waals surface area contributed by atoms with E-state index in [1.54, 1.807) is 0 Å². The van der Waals surface area contributed by atoms with Crippen molar-refractivity contribution in [1.29, 1.82) is 0 Å². The van der Waals surface area contributed by atoms with Crippen LogP contribution in [0.25, 0.3) is 0 Å². The molecule has 1 aromatic rings. The van der Waals surface area contributed by atoms with Gasteiger partial charge in [-0.15, -0.1) is 0 Å². The highest BCUT2D eigenvalue weighted by Gasteiger charge is 2.33. The summed E-state index contributed by atoms with van der Waals surface area (Å²) < 4.78 is 37.7. The number of hydrogen-bond donors (Lipinski definition) is 1. The molecule has 19 heavy (non-hydrogen) atoms. The average molecular weight is 312 g/mol. The minimum Gasteiger partial charge on any atom is -0.369 e. The van der Waals surface area contributed by atoms with Crippen LogP contribution in [0.2, 0.25) is 5.28 Å². The Hall–Kier alpha value is -0.690. The van der Waals surface area contributed by atoms with Gasteiger partial charge in [0.2, 0.25) is 5.28 Å². The molecule has 0 amide bonds. The van der Waals surface area contributed by atoms with Crippen LogP contribution < -0.4 is 5.32 Å². The summed E-state index contributed by atoms with van der Waals surface area (Å²) in [4.78, 5) is 6.95. The number of rotatable bonds is 3. The second-order valence-corrected chi connectivity index (χ2v) is 6.02. The summed E-state index contributed by atoms with van der Waals surface area (Å²) in [5.41, 5.74) is -1.02. The number of nitrogens with one attached hydrogen (secondary N) is 1. The third-order valence-corrected chi connectivity index (χ3v) is 4.34. The molecular formula is C11H13ClF3N3S. The lowest BCUT2D eigenvalue weighted by atomic mass is 10.2. The summed E-state index contributed by atoms with van der Waals surface area (Å²) in [6, 6.07) is 0.888. The van der Waals surface area contributed by atoms with Crippen molar-refractivity contribution >= 4 is 29.2 Å². The third kappa shape index (κ3) is 4.42. The molecule has 8 heteroatoms. The molecule has 1 unspecified atom stereocenters. The number of alkyl halides is 3. The predicted molar refractivity (Wildman–Crippen MR) is 70.6 cm³/mol. The molecule has 1 aromatic heterocycles.